The van der Waals surface area contributed by atoms with Crippen molar-refractivity contribution in [1.29, 1.82) is 0 Å². The van der Waals surface area contributed by atoms with Crippen LogP contribution in [-0.4, -0.2) is 56.3 Å². The summed E-state index contributed by atoms with van der Waals surface area (Å²) >= 11 is 0. The van der Waals surface area contributed by atoms with E-state index in [-0.39, 0.29) is 23.6 Å². The number of carbonyl (C=O) groups excluding carboxylic acids is 2. The summed E-state index contributed by atoms with van der Waals surface area (Å²) < 4.78 is 16.1. The van der Waals surface area contributed by atoms with Crippen molar-refractivity contribution in [3.63, 3.8) is 0 Å². The fourth-order valence-corrected chi connectivity index (χ4v) is 2.91. The Labute approximate surface area is 169 Å². The summed E-state index contributed by atoms with van der Waals surface area (Å²) in [5, 5.41) is 5.57. The highest BCUT2D eigenvalue weighted by Gasteiger charge is 2.17. The van der Waals surface area contributed by atoms with E-state index in [2.05, 4.69) is 15.6 Å². The van der Waals surface area contributed by atoms with Gasteiger partial charge in [-0.1, -0.05) is 0 Å². The van der Waals surface area contributed by atoms with Gasteiger partial charge in [-0.25, -0.2) is 0 Å². The molecule has 2 aromatic rings. The number of hydrogen-bond donors (Lipinski definition) is 2. The molecule has 1 aliphatic rings. The molecular weight excluding hydrogens is 374 g/mol. The molecule has 0 aliphatic carbocycles. The zero-order valence-electron chi connectivity index (χ0n) is 16.3. The summed E-state index contributed by atoms with van der Waals surface area (Å²) in [6.45, 7) is 1.82. The summed E-state index contributed by atoms with van der Waals surface area (Å²) in [5.74, 6) is 0.824. The van der Waals surface area contributed by atoms with Crippen LogP contribution in [-0.2, 0) is 4.74 Å². The Hall–Kier alpha value is -3.13. The van der Waals surface area contributed by atoms with Gasteiger partial charge in [0.2, 0.25) is 0 Å². The monoisotopic (exact) mass is 399 g/mol. The first-order chi connectivity index (χ1) is 14.2. The van der Waals surface area contributed by atoms with Gasteiger partial charge >= 0.3 is 0 Å². The van der Waals surface area contributed by atoms with Crippen LogP contribution in [0.25, 0.3) is 0 Å². The molecule has 1 aromatic heterocycles. The van der Waals surface area contributed by atoms with Gasteiger partial charge in [-0.3, -0.25) is 14.6 Å². The van der Waals surface area contributed by atoms with Crippen LogP contribution >= 0.6 is 0 Å². The number of aromatic nitrogens is 1. The molecule has 1 saturated heterocycles. The topological polar surface area (TPSA) is 98.8 Å². The maximum Gasteiger partial charge on any atom is 0.269 e. The molecule has 1 unspecified atom stereocenters. The lowest BCUT2D eigenvalue weighted by Crippen LogP contribution is -2.33. The van der Waals surface area contributed by atoms with Crippen LogP contribution in [0.4, 0.5) is 0 Å². The molecule has 2 amide bonds. The Bertz CT molecular complexity index is 819. The van der Waals surface area contributed by atoms with Gasteiger partial charge in [-0.2, -0.15) is 0 Å². The van der Waals surface area contributed by atoms with Gasteiger partial charge in [0.1, 0.15) is 23.8 Å². The lowest BCUT2D eigenvalue weighted by atomic mass is 10.2. The number of carbonyl (C=O) groups is 2. The third kappa shape index (κ3) is 6.18. The summed E-state index contributed by atoms with van der Waals surface area (Å²) in [4.78, 5) is 28.6. The van der Waals surface area contributed by atoms with Crippen molar-refractivity contribution < 1.29 is 23.8 Å². The van der Waals surface area contributed by atoms with E-state index in [0.29, 0.717) is 31.0 Å². The van der Waals surface area contributed by atoms with Crippen molar-refractivity contribution in [2.75, 3.05) is 33.4 Å². The third-order valence-corrected chi connectivity index (χ3v) is 4.48. The number of amides is 2. The molecule has 1 fully saturated rings. The van der Waals surface area contributed by atoms with Crippen LogP contribution in [0, 0.1) is 0 Å². The van der Waals surface area contributed by atoms with Gasteiger partial charge < -0.3 is 24.8 Å². The predicted molar refractivity (Wildman–Crippen MR) is 106 cm³/mol. The first-order valence-corrected chi connectivity index (χ1v) is 9.56. The highest BCUT2D eigenvalue weighted by atomic mass is 16.5. The molecule has 0 radical (unpaired) electrons. The van der Waals surface area contributed by atoms with E-state index in [4.69, 9.17) is 14.2 Å². The van der Waals surface area contributed by atoms with Gasteiger partial charge in [-0.05, 0) is 49.2 Å². The highest BCUT2D eigenvalue weighted by Crippen LogP contribution is 2.16. The van der Waals surface area contributed by atoms with Crippen molar-refractivity contribution in [3.8, 4) is 11.5 Å². The molecule has 0 saturated carbocycles. The number of ether oxygens (including phenoxy) is 3. The Morgan fingerprint density at radius 1 is 1.14 bits per heavy atom. The maximum atomic E-state index is 12.3. The van der Waals surface area contributed by atoms with E-state index in [9.17, 15) is 9.59 Å². The van der Waals surface area contributed by atoms with Crippen LogP contribution in [0.5, 0.6) is 11.5 Å². The third-order valence-electron chi connectivity index (χ3n) is 4.48. The van der Waals surface area contributed by atoms with E-state index in [1.165, 1.54) is 12.3 Å². The van der Waals surface area contributed by atoms with Crippen molar-refractivity contribution in [3.05, 3.63) is 53.9 Å². The quantitative estimate of drug-likeness (QED) is 0.624. The second kappa shape index (κ2) is 10.4. The second-order valence-electron chi connectivity index (χ2n) is 6.55. The largest absolute Gasteiger partial charge is 0.497 e. The van der Waals surface area contributed by atoms with Crippen LogP contribution in [0.2, 0.25) is 0 Å². The zero-order valence-corrected chi connectivity index (χ0v) is 16.3. The lowest BCUT2D eigenvalue weighted by Gasteiger charge is -2.11. The van der Waals surface area contributed by atoms with Crippen LogP contribution in [0.1, 0.15) is 33.7 Å². The van der Waals surface area contributed by atoms with Gasteiger partial charge in [0.25, 0.3) is 11.8 Å². The van der Waals surface area contributed by atoms with Crippen LogP contribution in [0.3, 0.4) is 0 Å². The van der Waals surface area contributed by atoms with Crippen molar-refractivity contribution in [2.45, 2.75) is 18.9 Å². The molecule has 154 valence electrons. The molecule has 1 aliphatic heterocycles. The van der Waals surface area contributed by atoms with Crippen molar-refractivity contribution in [1.82, 2.24) is 15.6 Å². The number of methoxy groups -OCH3 is 1. The molecule has 8 nitrogen and oxygen atoms in total. The Kier molecular flexibility index (Phi) is 7.40. The van der Waals surface area contributed by atoms with E-state index in [1.807, 2.05) is 0 Å². The van der Waals surface area contributed by atoms with E-state index in [0.717, 1.165) is 25.2 Å². The molecule has 2 heterocycles. The van der Waals surface area contributed by atoms with Gasteiger partial charge in [0.15, 0.2) is 0 Å². The average Bonchev–Trinajstić information content (AvgIpc) is 3.29. The molecule has 29 heavy (non-hydrogen) atoms. The fourth-order valence-electron chi connectivity index (χ4n) is 2.91. The Morgan fingerprint density at radius 2 is 1.93 bits per heavy atom. The normalized spacial score (nSPS) is 15.6. The van der Waals surface area contributed by atoms with Gasteiger partial charge in [0, 0.05) is 24.9 Å². The minimum absolute atomic E-state index is 0.0520. The number of hydrogen-bond acceptors (Lipinski definition) is 6. The highest BCUT2D eigenvalue weighted by molar-refractivity contribution is 5.98. The molecule has 3 rings (SSSR count). The molecule has 1 aromatic carbocycles. The van der Waals surface area contributed by atoms with Crippen LogP contribution in [0.15, 0.2) is 42.6 Å². The molecule has 2 N–H and O–H groups in total. The molecule has 1 atom stereocenters. The second-order valence-corrected chi connectivity index (χ2v) is 6.55. The number of pyridine rings is 1. The number of nitrogens with one attached hydrogen (secondary N) is 2. The summed E-state index contributed by atoms with van der Waals surface area (Å²) in [5.41, 5.74) is 0.567. The molecular formula is C21H25N3O5. The Morgan fingerprint density at radius 3 is 2.66 bits per heavy atom. The van der Waals surface area contributed by atoms with E-state index >= 15 is 0 Å². The van der Waals surface area contributed by atoms with Crippen molar-refractivity contribution in [2.24, 2.45) is 0 Å². The van der Waals surface area contributed by atoms with Gasteiger partial charge in [0.05, 0.1) is 19.8 Å². The lowest BCUT2D eigenvalue weighted by molar-refractivity contribution is 0.0853. The summed E-state index contributed by atoms with van der Waals surface area (Å²) in [6, 6.07) is 10.2. The Balaban J connectivity index is 1.43. The smallest absolute Gasteiger partial charge is 0.269 e. The van der Waals surface area contributed by atoms with Crippen molar-refractivity contribution >= 4 is 11.8 Å². The van der Waals surface area contributed by atoms with Crippen LogP contribution < -0.4 is 20.1 Å². The van der Waals surface area contributed by atoms with Gasteiger partial charge in [-0.15, -0.1) is 0 Å². The first-order valence-electron chi connectivity index (χ1n) is 9.56. The SMILES string of the molecule is COc1ccc(OCCNC(=O)c2ccnc(C(=O)NCC3CCCO3)c2)cc1. The summed E-state index contributed by atoms with van der Waals surface area (Å²) in [7, 11) is 1.60. The fraction of sp³-hybridized carbons (Fsp3) is 0.381. The number of nitrogens with zero attached hydrogens (tertiary/aromatic N) is 1. The minimum Gasteiger partial charge on any atom is -0.497 e. The summed E-state index contributed by atoms with van der Waals surface area (Å²) in [6.07, 6.45) is 3.45. The zero-order chi connectivity index (χ0) is 20.5. The minimum atomic E-state index is -0.321. The first kappa shape index (κ1) is 20.6. The number of rotatable bonds is 9. The average molecular weight is 399 g/mol. The molecule has 0 spiro atoms. The molecule has 0 bridgehead atoms. The molecule has 8 heteroatoms. The standard InChI is InChI=1S/C21H25N3O5/c1-27-16-4-6-17(7-5-16)29-12-10-23-20(25)15-8-9-22-19(13-15)21(26)24-14-18-3-2-11-28-18/h4-9,13,18H,2-3,10-12,14H2,1H3,(H,23,25)(H,24,26). The predicted octanol–water partition coefficient (Wildman–Crippen LogP) is 1.81. The maximum absolute atomic E-state index is 12.3. The van der Waals surface area contributed by atoms with E-state index < -0.39 is 0 Å². The van der Waals surface area contributed by atoms with E-state index in [1.54, 1.807) is 37.4 Å². The number of benzene rings is 1.